The highest BCUT2D eigenvalue weighted by Crippen LogP contribution is 2.27. The summed E-state index contributed by atoms with van der Waals surface area (Å²) < 4.78 is 24.9. The Labute approximate surface area is 128 Å². The zero-order valence-corrected chi connectivity index (χ0v) is 13.1. The first-order chi connectivity index (χ1) is 9.88. The zero-order chi connectivity index (χ0) is 15.6. The molecule has 0 aromatic heterocycles. The first-order valence-electron chi connectivity index (χ1n) is 6.73. The number of benzene rings is 1. The van der Waals surface area contributed by atoms with E-state index in [1.807, 2.05) is 13.8 Å². The molecule has 1 aromatic carbocycles. The van der Waals surface area contributed by atoms with Crippen LogP contribution in [0.25, 0.3) is 0 Å². The average Bonchev–Trinajstić information content (AvgIpc) is 2.44. The summed E-state index contributed by atoms with van der Waals surface area (Å²) in [4.78, 5) is 14.2. The van der Waals surface area contributed by atoms with Gasteiger partial charge in [0.15, 0.2) is 0 Å². The van der Waals surface area contributed by atoms with E-state index in [4.69, 9.17) is 21.1 Å². The van der Waals surface area contributed by atoms with Gasteiger partial charge in [-0.1, -0.05) is 6.07 Å². The number of ether oxygens (including phenoxy) is 2. The molecule has 4 nitrogen and oxygen atoms in total. The summed E-state index contributed by atoms with van der Waals surface area (Å²) in [5, 5.41) is 0. The van der Waals surface area contributed by atoms with Crippen molar-refractivity contribution in [1.82, 2.24) is 4.90 Å². The van der Waals surface area contributed by atoms with E-state index in [-0.39, 0.29) is 23.3 Å². The minimum absolute atomic E-state index is 0.0500. The van der Waals surface area contributed by atoms with E-state index >= 15 is 0 Å². The molecule has 21 heavy (non-hydrogen) atoms. The molecule has 1 aliphatic heterocycles. The lowest BCUT2D eigenvalue weighted by molar-refractivity contribution is -0.117. The van der Waals surface area contributed by atoms with Crippen LogP contribution in [0.2, 0.25) is 0 Å². The SMILES string of the molecule is COc1cccc(F)c1C(=O)N1CC(CCl)OC(C)(C)C1. The third-order valence-electron chi connectivity index (χ3n) is 3.35. The zero-order valence-electron chi connectivity index (χ0n) is 12.4. The van der Waals surface area contributed by atoms with Crippen molar-refractivity contribution in [2.24, 2.45) is 0 Å². The Balaban J connectivity index is 2.31. The molecule has 0 aliphatic carbocycles. The Morgan fingerprint density at radius 2 is 2.29 bits per heavy atom. The third-order valence-corrected chi connectivity index (χ3v) is 3.69. The summed E-state index contributed by atoms with van der Waals surface area (Å²) in [6.45, 7) is 4.47. The second kappa shape index (κ2) is 6.20. The Morgan fingerprint density at radius 3 is 2.90 bits per heavy atom. The van der Waals surface area contributed by atoms with E-state index in [0.717, 1.165) is 0 Å². The molecular weight excluding hydrogens is 297 g/mol. The van der Waals surface area contributed by atoms with Gasteiger partial charge in [0.1, 0.15) is 17.1 Å². The van der Waals surface area contributed by atoms with E-state index < -0.39 is 17.3 Å². The predicted octanol–water partition coefficient (Wildman–Crippen LogP) is 2.69. The maximum atomic E-state index is 14.0. The summed E-state index contributed by atoms with van der Waals surface area (Å²) in [5.74, 6) is -0.490. The van der Waals surface area contributed by atoms with E-state index in [1.54, 1.807) is 11.0 Å². The number of hydrogen-bond acceptors (Lipinski definition) is 3. The van der Waals surface area contributed by atoms with Crippen molar-refractivity contribution in [2.45, 2.75) is 25.6 Å². The van der Waals surface area contributed by atoms with Crippen LogP contribution in [0.5, 0.6) is 5.75 Å². The van der Waals surface area contributed by atoms with Gasteiger partial charge in [-0.2, -0.15) is 0 Å². The van der Waals surface area contributed by atoms with Crippen molar-refractivity contribution < 1.29 is 18.7 Å². The number of carbonyl (C=O) groups is 1. The Bertz CT molecular complexity index is 536. The van der Waals surface area contributed by atoms with Crippen molar-refractivity contribution in [2.75, 3.05) is 26.1 Å². The monoisotopic (exact) mass is 315 g/mol. The summed E-state index contributed by atoms with van der Waals surface area (Å²) in [5.41, 5.74) is -0.572. The molecule has 1 unspecified atom stereocenters. The summed E-state index contributed by atoms with van der Waals surface area (Å²) >= 11 is 5.85. The highest BCUT2D eigenvalue weighted by Gasteiger charge is 2.37. The van der Waals surface area contributed by atoms with Gasteiger partial charge in [-0.3, -0.25) is 4.79 Å². The van der Waals surface area contributed by atoms with Crippen molar-refractivity contribution in [3.63, 3.8) is 0 Å². The number of alkyl halides is 1. The Kier molecular flexibility index (Phi) is 4.74. The van der Waals surface area contributed by atoms with Gasteiger partial charge >= 0.3 is 0 Å². The molecule has 1 atom stereocenters. The summed E-state index contributed by atoms with van der Waals surface area (Å²) in [6.07, 6.45) is -0.267. The van der Waals surface area contributed by atoms with Gasteiger partial charge in [0.05, 0.1) is 24.7 Å². The third kappa shape index (κ3) is 3.47. The number of methoxy groups -OCH3 is 1. The number of hydrogen-bond donors (Lipinski definition) is 0. The quantitative estimate of drug-likeness (QED) is 0.805. The second-order valence-corrected chi connectivity index (χ2v) is 5.97. The lowest BCUT2D eigenvalue weighted by atomic mass is 10.0. The van der Waals surface area contributed by atoms with Crippen LogP contribution in [0.1, 0.15) is 24.2 Å². The van der Waals surface area contributed by atoms with Crippen LogP contribution in [0, 0.1) is 5.82 Å². The van der Waals surface area contributed by atoms with Crippen molar-refractivity contribution in [1.29, 1.82) is 0 Å². The number of nitrogens with zero attached hydrogens (tertiary/aromatic N) is 1. The lowest BCUT2D eigenvalue weighted by Gasteiger charge is -2.42. The summed E-state index contributed by atoms with van der Waals surface area (Å²) in [7, 11) is 1.41. The van der Waals surface area contributed by atoms with Gasteiger partial charge in [-0.15, -0.1) is 11.6 Å². The van der Waals surface area contributed by atoms with Crippen LogP contribution in [0.4, 0.5) is 4.39 Å². The highest BCUT2D eigenvalue weighted by atomic mass is 35.5. The molecule has 6 heteroatoms. The minimum Gasteiger partial charge on any atom is -0.496 e. The fourth-order valence-corrected chi connectivity index (χ4v) is 2.73. The molecule has 0 N–H and O–H groups in total. The second-order valence-electron chi connectivity index (χ2n) is 5.66. The lowest BCUT2D eigenvalue weighted by Crippen LogP contribution is -2.55. The molecule has 0 spiro atoms. The number of morpholine rings is 1. The molecule has 116 valence electrons. The smallest absolute Gasteiger partial charge is 0.260 e. The standard InChI is InChI=1S/C15H19ClFNO3/c1-15(2)9-18(8-10(7-16)21-15)14(19)13-11(17)5-4-6-12(13)20-3/h4-6,10H,7-9H2,1-3H3. The van der Waals surface area contributed by atoms with E-state index in [2.05, 4.69) is 0 Å². The van der Waals surface area contributed by atoms with Gasteiger partial charge in [-0.05, 0) is 26.0 Å². The number of carbonyl (C=O) groups excluding carboxylic acids is 1. The van der Waals surface area contributed by atoms with E-state index in [1.165, 1.54) is 19.2 Å². The molecule has 0 radical (unpaired) electrons. The Morgan fingerprint density at radius 1 is 1.57 bits per heavy atom. The predicted molar refractivity (Wildman–Crippen MR) is 78.5 cm³/mol. The molecule has 1 aliphatic rings. The molecule has 0 bridgehead atoms. The van der Waals surface area contributed by atoms with Gasteiger partial charge in [0.25, 0.3) is 5.91 Å². The highest BCUT2D eigenvalue weighted by molar-refractivity contribution is 6.18. The molecular formula is C15H19ClFNO3. The Hall–Kier alpha value is -1.33. The van der Waals surface area contributed by atoms with E-state index in [9.17, 15) is 9.18 Å². The molecule has 2 rings (SSSR count). The average molecular weight is 316 g/mol. The maximum Gasteiger partial charge on any atom is 0.260 e. The van der Waals surface area contributed by atoms with Crippen LogP contribution < -0.4 is 4.74 Å². The topological polar surface area (TPSA) is 38.8 Å². The fourth-order valence-electron chi connectivity index (χ4n) is 2.57. The molecule has 1 aromatic rings. The van der Waals surface area contributed by atoms with Crippen LogP contribution in [0.3, 0.4) is 0 Å². The van der Waals surface area contributed by atoms with Crippen molar-refractivity contribution in [3.05, 3.63) is 29.6 Å². The number of rotatable bonds is 3. The molecule has 0 saturated carbocycles. The van der Waals surface area contributed by atoms with Crippen LogP contribution in [0.15, 0.2) is 18.2 Å². The van der Waals surface area contributed by atoms with Crippen molar-refractivity contribution >= 4 is 17.5 Å². The maximum absolute atomic E-state index is 14.0. The minimum atomic E-state index is -0.592. The van der Waals surface area contributed by atoms with Crippen LogP contribution in [-0.2, 0) is 4.74 Å². The number of halogens is 2. The van der Waals surface area contributed by atoms with Gasteiger partial charge in [-0.25, -0.2) is 4.39 Å². The molecule has 1 heterocycles. The van der Waals surface area contributed by atoms with Crippen molar-refractivity contribution in [3.8, 4) is 5.75 Å². The van der Waals surface area contributed by atoms with Gasteiger partial charge in [0, 0.05) is 13.1 Å². The van der Waals surface area contributed by atoms with Gasteiger partial charge < -0.3 is 14.4 Å². The molecule has 1 fully saturated rings. The van der Waals surface area contributed by atoms with Crippen LogP contribution in [-0.4, -0.2) is 48.6 Å². The largest absolute Gasteiger partial charge is 0.496 e. The first-order valence-corrected chi connectivity index (χ1v) is 7.27. The molecule has 1 amide bonds. The van der Waals surface area contributed by atoms with Gasteiger partial charge in [0.2, 0.25) is 0 Å². The molecule has 1 saturated heterocycles. The normalized spacial score (nSPS) is 21.2. The van der Waals surface area contributed by atoms with Crippen LogP contribution >= 0.6 is 11.6 Å². The fraction of sp³-hybridized carbons (Fsp3) is 0.533. The summed E-state index contributed by atoms with van der Waals surface area (Å²) in [6, 6.07) is 4.33. The van der Waals surface area contributed by atoms with E-state index in [0.29, 0.717) is 13.1 Å². The first kappa shape index (κ1) is 16.0. The number of amides is 1.